The van der Waals surface area contributed by atoms with E-state index in [4.69, 9.17) is 27.9 Å². The molecule has 0 spiro atoms. The molecule has 0 aliphatic carbocycles. The maximum absolute atomic E-state index is 12.5. The summed E-state index contributed by atoms with van der Waals surface area (Å²) in [5.74, 6) is 0.431. The van der Waals surface area contributed by atoms with Crippen LogP contribution in [0, 0.1) is 0 Å². The molecule has 132 valence electrons. The molecule has 0 saturated heterocycles. The molecule has 3 rings (SSSR count). The van der Waals surface area contributed by atoms with Crippen LogP contribution in [0.5, 0.6) is 5.75 Å². The van der Waals surface area contributed by atoms with Crippen molar-refractivity contribution in [3.05, 3.63) is 43.3 Å². The summed E-state index contributed by atoms with van der Waals surface area (Å²) in [5.41, 5.74) is 1.38. The number of thiophene rings is 1. The predicted octanol–water partition coefficient (Wildman–Crippen LogP) is 5.62. The van der Waals surface area contributed by atoms with Crippen molar-refractivity contribution >= 4 is 62.0 Å². The zero-order chi connectivity index (χ0) is 18.0. The number of rotatable bonds is 5. The number of ether oxygens (including phenoxy) is 1. The van der Waals surface area contributed by atoms with Crippen LogP contribution in [0.1, 0.15) is 30.6 Å². The van der Waals surface area contributed by atoms with Crippen LogP contribution in [0.2, 0.25) is 8.67 Å². The first-order valence-electron chi connectivity index (χ1n) is 7.83. The van der Waals surface area contributed by atoms with Crippen LogP contribution in [-0.4, -0.2) is 17.1 Å². The minimum atomic E-state index is -0.380. The summed E-state index contributed by atoms with van der Waals surface area (Å²) in [6.45, 7) is 5.43. The number of hydrogen-bond donors (Lipinski definition) is 0. The third-order valence-corrected chi connectivity index (χ3v) is 6.03. The Balaban J connectivity index is 2.11. The molecule has 0 radical (unpaired) electrons. The van der Waals surface area contributed by atoms with Gasteiger partial charge in [-0.2, -0.15) is 4.99 Å². The summed E-state index contributed by atoms with van der Waals surface area (Å²) in [4.78, 5) is 17.5. The number of aromatic nitrogens is 1. The Morgan fingerprint density at radius 2 is 2.04 bits per heavy atom. The number of amides is 1. The highest BCUT2D eigenvalue weighted by Crippen LogP contribution is 2.31. The molecule has 0 atom stereocenters. The van der Waals surface area contributed by atoms with Gasteiger partial charge in [-0.25, -0.2) is 0 Å². The summed E-state index contributed by atoms with van der Waals surface area (Å²) in [6.07, 6.45) is 0.936. The Morgan fingerprint density at radius 1 is 1.24 bits per heavy atom. The second-order valence-corrected chi connectivity index (χ2v) is 8.55. The van der Waals surface area contributed by atoms with Crippen LogP contribution in [-0.2, 0) is 6.54 Å². The molecule has 1 aromatic carbocycles. The number of halogens is 2. The number of benzene rings is 1. The fourth-order valence-corrected chi connectivity index (χ4v) is 5.00. The highest BCUT2D eigenvalue weighted by atomic mass is 35.5. The molecule has 0 saturated carbocycles. The molecule has 4 nitrogen and oxygen atoms in total. The van der Waals surface area contributed by atoms with Gasteiger partial charge in [0.25, 0.3) is 5.91 Å². The highest BCUT2D eigenvalue weighted by molar-refractivity contribution is 7.20. The Kier molecular flexibility index (Phi) is 5.84. The topological polar surface area (TPSA) is 43.6 Å². The van der Waals surface area contributed by atoms with Gasteiger partial charge in [0, 0.05) is 6.54 Å². The molecule has 0 N–H and O–H groups in total. The predicted molar refractivity (Wildman–Crippen MR) is 106 cm³/mol. The summed E-state index contributed by atoms with van der Waals surface area (Å²) in [7, 11) is 0. The van der Waals surface area contributed by atoms with E-state index in [0.717, 1.165) is 28.9 Å². The quantitative estimate of drug-likeness (QED) is 0.543. The molecule has 8 heteroatoms. The van der Waals surface area contributed by atoms with Crippen molar-refractivity contribution in [1.29, 1.82) is 0 Å². The number of hydrogen-bond acceptors (Lipinski definition) is 4. The summed E-state index contributed by atoms with van der Waals surface area (Å²) < 4.78 is 9.48. The fraction of sp³-hybridized carbons (Fsp3) is 0.294. The fourth-order valence-electron chi connectivity index (χ4n) is 2.47. The van der Waals surface area contributed by atoms with E-state index in [9.17, 15) is 4.79 Å². The van der Waals surface area contributed by atoms with Gasteiger partial charge in [-0.05, 0) is 37.6 Å². The van der Waals surface area contributed by atoms with Gasteiger partial charge in [-0.3, -0.25) is 4.79 Å². The van der Waals surface area contributed by atoms with Crippen LogP contribution < -0.4 is 9.54 Å². The van der Waals surface area contributed by atoms with Gasteiger partial charge in [-0.15, -0.1) is 11.3 Å². The van der Waals surface area contributed by atoms with Gasteiger partial charge in [0.05, 0.1) is 26.7 Å². The minimum absolute atomic E-state index is 0.340. The third-order valence-electron chi connectivity index (χ3n) is 3.50. The maximum Gasteiger partial charge on any atom is 0.282 e. The van der Waals surface area contributed by atoms with Crippen molar-refractivity contribution in [3.63, 3.8) is 0 Å². The van der Waals surface area contributed by atoms with Crippen LogP contribution in [0.15, 0.2) is 29.3 Å². The second-order valence-electron chi connectivity index (χ2n) is 5.25. The number of carbonyl (C=O) groups is 1. The van der Waals surface area contributed by atoms with Gasteiger partial charge in [0.2, 0.25) is 0 Å². The van der Waals surface area contributed by atoms with Crippen molar-refractivity contribution < 1.29 is 9.53 Å². The number of nitrogens with zero attached hydrogens (tertiary/aromatic N) is 2. The van der Waals surface area contributed by atoms with E-state index in [2.05, 4.69) is 16.5 Å². The van der Waals surface area contributed by atoms with Gasteiger partial charge >= 0.3 is 0 Å². The lowest BCUT2D eigenvalue weighted by Gasteiger charge is -2.04. The van der Waals surface area contributed by atoms with Gasteiger partial charge in [0.1, 0.15) is 10.1 Å². The Bertz CT molecular complexity index is 988. The number of aryl methyl sites for hydroxylation is 1. The van der Waals surface area contributed by atoms with E-state index in [1.807, 2.05) is 25.1 Å². The van der Waals surface area contributed by atoms with Crippen LogP contribution >= 0.6 is 45.9 Å². The lowest BCUT2D eigenvalue weighted by molar-refractivity contribution is 0.0998. The van der Waals surface area contributed by atoms with E-state index < -0.39 is 0 Å². The average Bonchev–Trinajstić information content (AvgIpc) is 3.08. The minimum Gasteiger partial charge on any atom is -0.494 e. The van der Waals surface area contributed by atoms with E-state index in [-0.39, 0.29) is 5.91 Å². The van der Waals surface area contributed by atoms with E-state index >= 15 is 0 Å². The Hall–Kier alpha value is -1.34. The van der Waals surface area contributed by atoms with Crippen molar-refractivity contribution in [1.82, 2.24) is 4.57 Å². The van der Waals surface area contributed by atoms with Crippen molar-refractivity contribution in [2.24, 2.45) is 4.99 Å². The van der Waals surface area contributed by atoms with Crippen LogP contribution in [0.3, 0.4) is 0 Å². The lowest BCUT2D eigenvalue weighted by Crippen LogP contribution is -2.16. The summed E-state index contributed by atoms with van der Waals surface area (Å²) >= 11 is 14.6. The zero-order valence-corrected chi connectivity index (χ0v) is 16.9. The van der Waals surface area contributed by atoms with E-state index in [0.29, 0.717) is 25.6 Å². The van der Waals surface area contributed by atoms with Gasteiger partial charge < -0.3 is 9.30 Å². The maximum atomic E-state index is 12.5. The molecule has 0 bridgehead atoms. The van der Waals surface area contributed by atoms with Crippen LogP contribution in [0.25, 0.3) is 10.2 Å². The molecule has 0 aliphatic rings. The largest absolute Gasteiger partial charge is 0.494 e. The van der Waals surface area contributed by atoms with Crippen LogP contribution in [0.4, 0.5) is 0 Å². The first-order valence-corrected chi connectivity index (χ1v) is 10.2. The van der Waals surface area contributed by atoms with E-state index in [1.54, 1.807) is 6.07 Å². The molecule has 2 aromatic heterocycles. The number of thiazole rings is 1. The van der Waals surface area contributed by atoms with Crippen molar-refractivity contribution in [3.8, 4) is 5.75 Å². The Labute approximate surface area is 163 Å². The molecule has 25 heavy (non-hydrogen) atoms. The molecule has 1 amide bonds. The molecule has 0 fully saturated rings. The van der Waals surface area contributed by atoms with Gasteiger partial charge in [-0.1, -0.05) is 41.5 Å². The highest BCUT2D eigenvalue weighted by Gasteiger charge is 2.15. The molecule has 3 aromatic rings. The molecular weight excluding hydrogens is 399 g/mol. The molecule has 2 heterocycles. The Morgan fingerprint density at radius 3 is 2.68 bits per heavy atom. The molecule has 0 aliphatic heterocycles. The standard InChI is InChI=1S/C17H16Cl2N2O2S2/c1-3-7-21-12-6-5-10(23-4-2)8-13(12)24-17(21)20-16(22)11-9-14(18)25-15(11)19/h5-6,8-9H,3-4,7H2,1-2H3. The monoisotopic (exact) mass is 414 g/mol. The molecular formula is C17H16Cl2N2O2S2. The molecule has 0 unspecified atom stereocenters. The average molecular weight is 415 g/mol. The second kappa shape index (κ2) is 7.91. The number of fused-ring (bicyclic) bond motifs is 1. The zero-order valence-electron chi connectivity index (χ0n) is 13.7. The first-order chi connectivity index (χ1) is 12.0. The normalized spacial score (nSPS) is 12.1. The summed E-state index contributed by atoms with van der Waals surface area (Å²) in [5, 5.41) is 0. The van der Waals surface area contributed by atoms with Gasteiger partial charge in [0.15, 0.2) is 4.80 Å². The third kappa shape index (κ3) is 3.92. The van der Waals surface area contributed by atoms with Crippen molar-refractivity contribution in [2.75, 3.05) is 6.61 Å². The van der Waals surface area contributed by atoms with Crippen molar-refractivity contribution in [2.45, 2.75) is 26.8 Å². The lowest BCUT2D eigenvalue weighted by atomic mass is 10.3. The summed E-state index contributed by atoms with van der Waals surface area (Å²) in [6, 6.07) is 7.48. The SMILES string of the molecule is CCCn1c(=NC(=O)c2cc(Cl)sc2Cl)sc2cc(OCC)ccc21. The first kappa shape index (κ1) is 18.5. The smallest absolute Gasteiger partial charge is 0.282 e. The van der Waals surface area contributed by atoms with E-state index in [1.165, 1.54) is 22.7 Å². The number of carbonyl (C=O) groups excluding carboxylic acids is 1.